The predicted octanol–water partition coefficient (Wildman–Crippen LogP) is 2.36. The van der Waals surface area contributed by atoms with Crippen LogP contribution in [0.25, 0.3) is 0 Å². The molecule has 2 rings (SSSR count). The number of aryl methyl sites for hydroxylation is 2. The molecule has 2 unspecified atom stereocenters. The Kier molecular flexibility index (Phi) is 3.94. The number of hydrogen-bond acceptors (Lipinski definition) is 2. The topological polar surface area (TPSA) is 49.6 Å². The van der Waals surface area contributed by atoms with Gasteiger partial charge in [-0.15, -0.1) is 0 Å². The Balaban J connectivity index is 1.96. The molecular weight excluding hydrogens is 226 g/mol. The normalized spacial score (nSPS) is 23.0. The molecule has 0 saturated heterocycles. The van der Waals surface area contributed by atoms with Crippen LogP contribution in [0, 0.1) is 19.8 Å². The van der Waals surface area contributed by atoms with Crippen molar-refractivity contribution in [2.45, 2.75) is 46.7 Å². The van der Waals surface area contributed by atoms with E-state index in [4.69, 9.17) is 4.42 Å². The second kappa shape index (κ2) is 5.46. The smallest absolute Gasteiger partial charge is 0.191 e. The molecule has 4 heteroatoms. The summed E-state index contributed by atoms with van der Waals surface area (Å²) < 4.78 is 5.51. The first-order chi connectivity index (χ1) is 8.60. The average molecular weight is 249 g/mol. The monoisotopic (exact) mass is 249 g/mol. The van der Waals surface area contributed by atoms with E-state index in [0.29, 0.717) is 12.6 Å². The number of nitrogens with zero attached hydrogens (tertiary/aromatic N) is 1. The number of guanidine groups is 1. The zero-order valence-corrected chi connectivity index (χ0v) is 11.7. The van der Waals surface area contributed by atoms with Gasteiger partial charge in [0, 0.05) is 18.2 Å². The van der Waals surface area contributed by atoms with Gasteiger partial charge in [-0.2, -0.15) is 0 Å². The van der Waals surface area contributed by atoms with Gasteiger partial charge in [0.1, 0.15) is 11.5 Å². The third-order valence-electron chi connectivity index (χ3n) is 3.33. The van der Waals surface area contributed by atoms with Crippen molar-refractivity contribution in [3.63, 3.8) is 0 Å². The van der Waals surface area contributed by atoms with Gasteiger partial charge in [-0.1, -0.05) is 6.92 Å². The lowest BCUT2D eigenvalue weighted by atomic mass is 10.2. The van der Waals surface area contributed by atoms with Gasteiger partial charge in [0.2, 0.25) is 0 Å². The molecule has 2 atom stereocenters. The minimum Gasteiger partial charge on any atom is -0.466 e. The fourth-order valence-electron chi connectivity index (χ4n) is 2.02. The summed E-state index contributed by atoms with van der Waals surface area (Å²) in [5.74, 6) is 3.59. The van der Waals surface area contributed by atoms with Gasteiger partial charge in [-0.25, -0.2) is 4.99 Å². The van der Waals surface area contributed by atoms with Crippen LogP contribution >= 0.6 is 0 Å². The van der Waals surface area contributed by atoms with Gasteiger partial charge in [0.15, 0.2) is 5.96 Å². The number of nitrogens with one attached hydrogen (secondary N) is 2. The summed E-state index contributed by atoms with van der Waals surface area (Å²) in [7, 11) is 0. The van der Waals surface area contributed by atoms with E-state index in [1.54, 1.807) is 0 Å². The van der Waals surface area contributed by atoms with Gasteiger partial charge < -0.3 is 15.1 Å². The molecule has 1 saturated carbocycles. The average Bonchev–Trinajstić information content (AvgIpc) is 2.89. The second-order valence-electron chi connectivity index (χ2n) is 5.10. The van der Waals surface area contributed by atoms with E-state index in [-0.39, 0.29) is 0 Å². The maximum absolute atomic E-state index is 5.51. The van der Waals surface area contributed by atoms with Gasteiger partial charge in [0.05, 0.1) is 6.54 Å². The van der Waals surface area contributed by atoms with E-state index in [2.05, 4.69) is 35.5 Å². The molecule has 100 valence electrons. The third-order valence-corrected chi connectivity index (χ3v) is 3.33. The highest BCUT2D eigenvalue weighted by Crippen LogP contribution is 2.28. The van der Waals surface area contributed by atoms with E-state index < -0.39 is 0 Å². The zero-order valence-electron chi connectivity index (χ0n) is 11.7. The van der Waals surface area contributed by atoms with Crippen molar-refractivity contribution < 1.29 is 4.42 Å². The van der Waals surface area contributed by atoms with Crippen LogP contribution in [0.4, 0.5) is 0 Å². The first-order valence-electron chi connectivity index (χ1n) is 6.71. The highest BCUT2D eigenvalue weighted by molar-refractivity contribution is 5.80. The summed E-state index contributed by atoms with van der Waals surface area (Å²) in [4.78, 5) is 4.61. The van der Waals surface area contributed by atoms with Crippen molar-refractivity contribution >= 4 is 5.96 Å². The quantitative estimate of drug-likeness (QED) is 0.636. The number of rotatable bonds is 4. The molecule has 0 aromatic carbocycles. The summed E-state index contributed by atoms with van der Waals surface area (Å²) in [5, 5.41) is 6.73. The molecule has 4 nitrogen and oxygen atoms in total. The molecule has 0 aliphatic heterocycles. The Hall–Kier alpha value is -1.45. The summed E-state index contributed by atoms with van der Waals surface area (Å²) in [6.07, 6.45) is 1.24. The Labute approximate surface area is 109 Å². The molecule has 0 bridgehead atoms. The predicted molar refractivity (Wildman–Crippen MR) is 73.7 cm³/mol. The van der Waals surface area contributed by atoms with Gasteiger partial charge in [-0.05, 0) is 39.2 Å². The molecule has 2 N–H and O–H groups in total. The van der Waals surface area contributed by atoms with Crippen LogP contribution in [0.1, 0.15) is 37.4 Å². The molecular formula is C14H23N3O. The van der Waals surface area contributed by atoms with Crippen molar-refractivity contribution in [2.24, 2.45) is 10.9 Å². The SMILES string of the molecule is CCNC(=NCc1cc(C)oc1C)NC1CC1C. The molecule has 0 radical (unpaired) electrons. The van der Waals surface area contributed by atoms with Crippen LogP contribution in [0.2, 0.25) is 0 Å². The highest BCUT2D eigenvalue weighted by Gasteiger charge is 2.33. The Bertz CT molecular complexity index is 436. The first-order valence-corrected chi connectivity index (χ1v) is 6.71. The second-order valence-corrected chi connectivity index (χ2v) is 5.10. The van der Waals surface area contributed by atoms with E-state index in [1.165, 1.54) is 6.42 Å². The van der Waals surface area contributed by atoms with E-state index >= 15 is 0 Å². The lowest BCUT2D eigenvalue weighted by Crippen LogP contribution is -2.39. The van der Waals surface area contributed by atoms with Crippen LogP contribution in [-0.4, -0.2) is 18.5 Å². The van der Waals surface area contributed by atoms with Crippen molar-refractivity contribution in [1.29, 1.82) is 0 Å². The number of aliphatic imine (C=N–C) groups is 1. The molecule has 1 aromatic rings. The number of hydrogen-bond donors (Lipinski definition) is 2. The lowest BCUT2D eigenvalue weighted by Gasteiger charge is -2.10. The Morgan fingerprint density at radius 3 is 2.72 bits per heavy atom. The summed E-state index contributed by atoms with van der Waals surface area (Å²) in [5.41, 5.74) is 1.16. The molecule has 1 heterocycles. The minimum atomic E-state index is 0.593. The summed E-state index contributed by atoms with van der Waals surface area (Å²) in [6.45, 7) is 9.85. The molecule has 1 aliphatic carbocycles. The Morgan fingerprint density at radius 2 is 2.22 bits per heavy atom. The van der Waals surface area contributed by atoms with Crippen LogP contribution < -0.4 is 10.6 Å². The third kappa shape index (κ3) is 3.28. The maximum Gasteiger partial charge on any atom is 0.191 e. The largest absolute Gasteiger partial charge is 0.466 e. The molecule has 1 fully saturated rings. The van der Waals surface area contributed by atoms with Gasteiger partial charge in [-0.3, -0.25) is 0 Å². The van der Waals surface area contributed by atoms with Crippen LogP contribution in [-0.2, 0) is 6.54 Å². The van der Waals surface area contributed by atoms with E-state index in [0.717, 1.165) is 35.5 Å². The minimum absolute atomic E-state index is 0.593. The summed E-state index contributed by atoms with van der Waals surface area (Å²) in [6, 6.07) is 2.65. The van der Waals surface area contributed by atoms with Crippen molar-refractivity contribution in [2.75, 3.05) is 6.54 Å². The van der Waals surface area contributed by atoms with Crippen molar-refractivity contribution in [3.05, 3.63) is 23.2 Å². The standard InChI is InChI=1S/C14H23N3O/c1-5-15-14(17-13-6-9(13)2)16-8-12-7-10(3)18-11(12)4/h7,9,13H,5-6,8H2,1-4H3,(H2,15,16,17). The number of furan rings is 1. The van der Waals surface area contributed by atoms with E-state index in [9.17, 15) is 0 Å². The summed E-state index contributed by atoms with van der Waals surface area (Å²) >= 11 is 0. The maximum atomic E-state index is 5.51. The van der Waals surface area contributed by atoms with Crippen LogP contribution in [0.15, 0.2) is 15.5 Å². The van der Waals surface area contributed by atoms with Crippen LogP contribution in [0.3, 0.4) is 0 Å². The fourth-order valence-corrected chi connectivity index (χ4v) is 2.02. The molecule has 18 heavy (non-hydrogen) atoms. The molecule has 1 aromatic heterocycles. The molecule has 0 amide bonds. The lowest BCUT2D eigenvalue weighted by molar-refractivity contribution is 0.501. The highest BCUT2D eigenvalue weighted by atomic mass is 16.3. The molecule has 0 spiro atoms. The molecule has 1 aliphatic rings. The van der Waals surface area contributed by atoms with Crippen molar-refractivity contribution in [1.82, 2.24) is 10.6 Å². The van der Waals surface area contributed by atoms with Gasteiger partial charge >= 0.3 is 0 Å². The first kappa shape index (κ1) is 13.0. The van der Waals surface area contributed by atoms with Gasteiger partial charge in [0.25, 0.3) is 0 Å². The van der Waals surface area contributed by atoms with Crippen LogP contribution in [0.5, 0.6) is 0 Å². The van der Waals surface area contributed by atoms with Crippen molar-refractivity contribution in [3.8, 4) is 0 Å². The Morgan fingerprint density at radius 1 is 1.50 bits per heavy atom. The fraction of sp³-hybridized carbons (Fsp3) is 0.643. The van der Waals surface area contributed by atoms with E-state index in [1.807, 2.05) is 13.8 Å². The zero-order chi connectivity index (χ0) is 13.1.